The van der Waals surface area contributed by atoms with E-state index in [9.17, 15) is 9.59 Å². The molecular weight excluding hydrogens is 490 g/mol. The van der Waals surface area contributed by atoms with Gasteiger partial charge in [-0.05, 0) is 60.5 Å². The second kappa shape index (κ2) is 12.3. The Bertz CT molecular complexity index is 1260. The number of anilines is 1. The molecule has 0 spiro atoms. The van der Waals surface area contributed by atoms with Crippen LogP contribution in [-0.4, -0.2) is 55.0 Å². The summed E-state index contributed by atoms with van der Waals surface area (Å²) in [4.78, 5) is 32.5. The van der Waals surface area contributed by atoms with Gasteiger partial charge in [0, 0.05) is 18.7 Å². The molecule has 192 valence electrons. The largest absolute Gasteiger partial charge is 0.497 e. The van der Waals surface area contributed by atoms with E-state index in [1.54, 1.807) is 26.2 Å². The summed E-state index contributed by atoms with van der Waals surface area (Å²) in [5, 5.41) is 2.86. The van der Waals surface area contributed by atoms with Crippen LogP contribution >= 0.6 is 11.8 Å². The van der Waals surface area contributed by atoms with E-state index in [4.69, 9.17) is 19.2 Å². The van der Waals surface area contributed by atoms with E-state index < -0.39 is 5.25 Å². The molecule has 0 saturated carbocycles. The number of para-hydroxylation sites is 1. The molecule has 37 heavy (non-hydrogen) atoms. The smallest absolute Gasteiger partial charge is 0.242 e. The topological polar surface area (TPSA) is 89.5 Å². The number of amides is 2. The molecule has 4 rings (SSSR count). The molecule has 1 saturated heterocycles. The van der Waals surface area contributed by atoms with Crippen molar-refractivity contribution in [1.82, 2.24) is 4.90 Å². The zero-order chi connectivity index (χ0) is 26.2. The molecule has 1 atom stereocenters. The number of nitrogens with one attached hydrogen (secondary N) is 1. The van der Waals surface area contributed by atoms with Crippen LogP contribution in [0.2, 0.25) is 0 Å². The molecular formula is C28H29N3O5S. The van der Waals surface area contributed by atoms with Crippen molar-refractivity contribution in [3.8, 4) is 17.2 Å². The minimum atomic E-state index is -0.564. The van der Waals surface area contributed by atoms with Gasteiger partial charge >= 0.3 is 0 Å². The Kier molecular flexibility index (Phi) is 8.68. The molecule has 3 aromatic carbocycles. The van der Waals surface area contributed by atoms with Crippen molar-refractivity contribution >= 4 is 40.1 Å². The molecule has 1 aliphatic rings. The van der Waals surface area contributed by atoms with E-state index in [1.165, 1.54) is 11.8 Å². The number of amidine groups is 1. The van der Waals surface area contributed by atoms with Gasteiger partial charge in [-0.15, -0.1) is 0 Å². The van der Waals surface area contributed by atoms with Crippen molar-refractivity contribution in [2.75, 3.05) is 33.2 Å². The van der Waals surface area contributed by atoms with Gasteiger partial charge in [0.25, 0.3) is 0 Å². The zero-order valence-corrected chi connectivity index (χ0v) is 21.8. The average Bonchev–Trinajstić information content (AvgIpc) is 3.21. The number of thioether (sulfide) groups is 1. The molecule has 0 unspecified atom stereocenters. The van der Waals surface area contributed by atoms with E-state index in [-0.39, 0.29) is 18.2 Å². The fourth-order valence-electron chi connectivity index (χ4n) is 3.88. The fourth-order valence-corrected chi connectivity index (χ4v) is 5.06. The second-order valence-electron chi connectivity index (χ2n) is 8.25. The lowest BCUT2D eigenvalue weighted by molar-refractivity contribution is -0.128. The number of aliphatic imine (C=N–C) groups is 1. The number of ether oxygens (including phenoxy) is 3. The van der Waals surface area contributed by atoms with Gasteiger partial charge in [0.2, 0.25) is 11.8 Å². The number of rotatable bonds is 10. The van der Waals surface area contributed by atoms with E-state index in [0.717, 1.165) is 11.3 Å². The minimum Gasteiger partial charge on any atom is -0.497 e. The third kappa shape index (κ3) is 6.62. The van der Waals surface area contributed by atoms with Crippen molar-refractivity contribution in [2.45, 2.75) is 18.1 Å². The molecule has 8 nitrogen and oxygen atoms in total. The van der Waals surface area contributed by atoms with Gasteiger partial charge in [-0.3, -0.25) is 14.5 Å². The molecule has 2 amide bonds. The van der Waals surface area contributed by atoms with Gasteiger partial charge in [-0.25, -0.2) is 4.99 Å². The van der Waals surface area contributed by atoms with Crippen LogP contribution in [0.1, 0.15) is 12.0 Å². The molecule has 1 aliphatic heterocycles. The van der Waals surface area contributed by atoms with Gasteiger partial charge in [0.1, 0.15) is 11.0 Å². The maximum atomic E-state index is 13.4. The molecule has 1 fully saturated rings. The van der Waals surface area contributed by atoms with Crippen LogP contribution in [0.15, 0.2) is 77.8 Å². The van der Waals surface area contributed by atoms with Crippen molar-refractivity contribution < 1.29 is 23.8 Å². The van der Waals surface area contributed by atoms with E-state index >= 15 is 0 Å². The van der Waals surface area contributed by atoms with Gasteiger partial charge in [0.15, 0.2) is 16.7 Å². The average molecular weight is 520 g/mol. The molecule has 0 aliphatic carbocycles. The summed E-state index contributed by atoms with van der Waals surface area (Å²) >= 11 is 1.31. The summed E-state index contributed by atoms with van der Waals surface area (Å²) in [6, 6.07) is 22.2. The molecule has 0 bridgehead atoms. The van der Waals surface area contributed by atoms with Gasteiger partial charge in [-0.2, -0.15) is 0 Å². The second-order valence-corrected chi connectivity index (χ2v) is 9.42. The first-order valence-electron chi connectivity index (χ1n) is 11.8. The van der Waals surface area contributed by atoms with Crippen LogP contribution in [0.3, 0.4) is 0 Å². The highest BCUT2D eigenvalue weighted by molar-refractivity contribution is 8.15. The third-order valence-electron chi connectivity index (χ3n) is 5.82. The highest BCUT2D eigenvalue weighted by Gasteiger charge is 2.39. The third-order valence-corrected chi connectivity index (χ3v) is 6.99. The number of methoxy groups -OCH3 is 3. The molecule has 1 heterocycles. The molecule has 9 heteroatoms. The van der Waals surface area contributed by atoms with E-state index in [2.05, 4.69) is 5.32 Å². The van der Waals surface area contributed by atoms with Crippen molar-refractivity contribution in [3.63, 3.8) is 0 Å². The maximum absolute atomic E-state index is 13.4. The number of hydrogen-bond donors (Lipinski definition) is 1. The summed E-state index contributed by atoms with van der Waals surface area (Å²) in [6.07, 6.45) is 0.629. The van der Waals surface area contributed by atoms with Gasteiger partial charge in [0.05, 0.1) is 27.0 Å². The van der Waals surface area contributed by atoms with Crippen LogP contribution in [0, 0.1) is 0 Å². The van der Waals surface area contributed by atoms with Crippen LogP contribution in [0.25, 0.3) is 0 Å². The first-order valence-corrected chi connectivity index (χ1v) is 12.6. The Morgan fingerprint density at radius 3 is 2.35 bits per heavy atom. The summed E-state index contributed by atoms with van der Waals surface area (Å²) in [7, 11) is 4.79. The van der Waals surface area contributed by atoms with Crippen molar-refractivity contribution in [2.24, 2.45) is 4.99 Å². The Hall–Kier alpha value is -3.98. The Morgan fingerprint density at radius 1 is 0.946 bits per heavy atom. The van der Waals surface area contributed by atoms with Crippen LogP contribution in [-0.2, 0) is 16.0 Å². The maximum Gasteiger partial charge on any atom is 0.242 e. The summed E-state index contributed by atoms with van der Waals surface area (Å²) in [5.41, 5.74) is 2.38. The normalized spacial score (nSPS) is 16.1. The van der Waals surface area contributed by atoms with E-state index in [0.29, 0.717) is 41.0 Å². The van der Waals surface area contributed by atoms with Crippen molar-refractivity contribution in [1.29, 1.82) is 0 Å². The zero-order valence-electron chi connectivity index (χ0n) is 21.0. The Labute approximate surface area is 220 Å². The Morgan fingerprint density at radius 2 is 1.68 bits per heavy atom. The number of carbonyl (C=O) groups is 2. The highest BCUT2D eigenvalue weighted by atomic mass is 32.2. The molecule has 0 radical (unpaired) electrons. The lowest BCUT2D eigenvalue weighted by Gasteiger charge is -2.17. The lowest BCUT2D eigenvalue weighted by atomic mass is 10.1. The minimum absolute atomic E-state index is 0.0485. The number of benzene rings is 3. The predicted octanol–water partition coefficient (Wildman–Crippen LogP) is 4.92. The monoisotopic (exact) mass is 519 g/mol. The quantitative estimate of drug-likeness (QED) is 0.409. The van der Waals surface area contributed by atoms with Gasteiger partial charge < -0.3 is 19.5 Å². The number of hydrogen-bond acceptors (Lipinski definition) is 7. The van der Waals surface area contributed by atoms with Crippen LogP contribution < -0.4 is 19.5 Å². The Balaban J connectivity index is 1.52. The first-order chi connectivity index (χ1) is 18.0. The van der Waals surface area contributed by atoms with Gasteiger partial charge in [-0.1, -0.05) is 36.0 Å². The summed E-state index contributed by atoms with van der Waals surface area (Å²) < 4.78 is 16.0. The molecule has 1 N–H and O–H groups in total. The summed E-state index contributed by atoms with van der Waals surface area (Å²) in [5.74, 6) is 1.64. The standard InChI is InChI=1S/C28H29N3O5S/c1-34-22-12-10-21(11-13-22)30-28-31(16-15-19-9-14-23(35-2)24(17-19)36-3)27(33)25(37-28)18-26(32)29-20-7-5-4-6-8-20/h4-14,17,25H,15-16,18H2,1-3H3,(H,29,32)/t25-/m1/s1. The SMILES string of the molecule is COc1ccc(N=C2S[C@H](CC(=O)Nc3ccccc3)C(=O)N2CCc2ccc(OC)c(OC)c2)cc1. The molecule has 0 aromatic heterocycles. The lowest BCUT2D eigenvalue weighted by Crippen LogP contribution is -2.35. The highest BCUT2D eigenvalue weighted by Crippen LogP contribution is 2.33. The van der Waals surface area contributed by atoms with Crippen molar-refractivity contribution in [3.05, 3.63) is 78.4 Å². The first kappa shape index (κ1) is 26.1. The van der Waals surface area contributed by atoms with Crippen LogP contribution in [0.5, 0.6) is 17.2 Å². The van der Waals surface area contributed by atoms with E-state index in [1.807, 2.05) is 72.8 Å². The van der Waals surface area contributed by atoms with Crippen LogP contribution in [0.4, 0.5) is 11.4 Å². The number of nitrogens with zero attached hydrogens (tertiary/aromatic N) is 2. The summed E-state index contributed by atoms with van der Waals surface area (Å²) in [6.45, 7) is 0.410. The molecule has 3 aromatic rings. The fraction of sp³-hybridized carbons (Fsp3) is 0.250. The predicted molar refractivity (Wildman–Crippen MR) is 146 cm³/mol. The number of carbonyl (C=O) groups excluding carboxylic acids is 2.